The van der Waals surface area contributed by atoms with Gasteiger partial charge in [0.05, 0.1) is 19.8 Å². The maximum Gasteiger partial charge on any atom is 0.407 e. The minimum Gasteiger partial charge on any atom is -0.444 e. The van der Waals surface area contributed by atoms with Crippen LogP contribution in [0.3, 0.4) is 0 Å². The van der Waals surface area contributed by atoms with Crippen molar-refractivity contribution in [2.24, 2.45) is 0 Å². The molecule has 1 amide bonds. The molecule has 2 aromatic rings. The summed E-state index contributed by atoms with van der Waals surface area (Å²) < 4.78 is 29.0. The van der Waals surface area contributed by atoms with E-state index in [0.717, 1.165) is 11.1 Å². The number of amides is 1. The summed E-state index contributed by atoms with van der Waals surface area (Å²) in [4.78, 5) is 12.4. The zero-order valence-corrected chi connectivity index (χ0v) is 21.6. The van der Waals surface area contributed by atoms with Crippen molar-refractivity contribution < 1.29 is 33.6 Å². The van der Waals surface area contributed by atoms with Gasteiger partial charge in [0.15, 0.2) is 0 Å². The first-order chi connectivity index (χ1) is 17.3. The Hall–Kier alpha value is -2.75. The van der Waals surface area contributed by atoms with E-state index in [2.05, 4.69) is 5.32 Å². The molecule has 2 aromatic carbocycles. The number of carbonyl (C=O) groups excluding carboxylic acids is 1. The molecular formula is C28H39NO7. The van der Waals surface area contributed by atoms with E-state index in [4.69, 9.17) is 23.7 Å². The van der Waals surface area contributed by atoms with E-state index in [-0.39, 0.29) is 19.9 Å². The zero-order valence-electron chi connectivity index (χ0n) is 21.6. The number of ether oxygens (including phenoxy) is 5. The van der Waals surface area contributed by atoms with Gasteiger partial charge in [0.25, 0.3) is 0 Å². The third-order valence-corrected chi connectivity index (χ3v) is 4.94. The number of aliphatic hydroxyl groups excluding tert-OH is 1. The molecule has 36 heavy (non-hydrogen) atoms. The number of methoxy groups -OCH3 is 1. The van der Waals surface area contributed by atoms with Gasteiger partial charge in [0.2, 0.25) is 0 Å². The summed E-state index contributed by atoms with van der Waals surface area (Å²) in [6.07, 6.45) is 0.886. The highest BCUT2D eigenvalue weighted by Crippen LogP contribution is 2.19. The SMILES string of the molecule is COCO[C@@H](CNC(=O)OC(C)(C)C)[C@@H](OCc1ccccc1)[C@@H](/C=C/CO)OCc1ccccc1. The van der Waals surface area contributed by atoms with Gasteiger partial charge in [0, 0.05) is 13.7 Å². The molecular weight excluding hydrogens is 462 g/mol. The van der Waals surface area contributed by atoms with Crippen LogP contribution in [0.2, 0.25) is 0 Å². The van der Waals surface area contributed by atoms with E-state index in [1.165, 1.54) is 7.11 Å². The molecule has 198 valence electrons. The maximum absolute atomic E-state index is 12.4. The number of alkyl carbamates (subject to hydrolysis) is 1. The summed E-state index contributed by atoms with van der Waals surface area (Å²) in [6, 6.07) is 19.5. The number of aliphatic hydroxyl groups is 1. The van der Waals surface area contributed by atoms with Gasteiger partial charge < -0.3 is 34.1 Å². The van der Waals surface area contributed by atoms with E-state index >= 15 is 0 Å². The Morgan fingerprint density at radius 2 is 1.53 bits per heavy atom. The second-order valence-electron chi connectivity index (χ2n) is 9.13. The van der Waals surface area contributed by atoms with Gasteiger partial charge in [-0.1, -0.05) is 72.8 Å². The Morgan fingerprint density at radius 3 is 2.06 bits per heavy atom. The van der Waals surface area contributed by atoms with Gasteiger partial charge in [-0.2, -0.15) is 0 Å². The van der Waals surface area contributed by atoms with Crippen molar-refractivity contribution in [2.75, 3.05) is 27.1 Å². The van der Waals surface area contributed by atoms with Crippen LogP contribution in [0, 0.1) is 0 Å². The molecule has 0 radical (unpaired) electrons. The Bertz CT molecular complexity index is 884. The van der Waals surface area contributed by atoms with E-state index < -0.39 is 30.0 Å². The highest BCUT2D eigenvalue weighted by Gasteiger charge is 2.32. The van der Waals surface area contributed by atoms with Gasteiger partial charge >= 0.3 is 6.09 Å². The molecule has 0 saturated heterocycles. The van der Waals surface area contributed by atoms with E-state index in [9.17, 15) is 9.90 Å². The number of rotatable bonds is 15. The van der Waals surface area contributed by atoms with E-state index in [1.54, 1.807) is 32.9 Å². The molecule has 0 aliphatic heterocycles. The summed E-state index contributed by atoms with van der Waals surface area (Å²) in [7, 11) is 1.52. The van der Waals surface area contributed by atoms with Crippen molar-refractivity contribution in [1.82, 2.24) is 5.32 Å². The molecule has 0 unspecified atom stereocenters. The summed E-state index contributed by atoms with van der Waals surface area (Å²) in [5.41, 5.74) is 1.32. The fourth-order valence-electron chi connectivity index (χ4n) is 3.33. The summed E-state index contributed by atoms with van der Waals surface area (Å²) in [5.74, 6) is 0. The number of nitrogens with one attached hydrogen (secondary N) is 1. The summed E-state index contributed by atoms with van der Waals surface area (Å²) >= 11 is 0. The lowest BCUT2D eigenvalue weighted by atomic mass is 10.1. The second kappa shape index (κ2) is 16.1. The molecule has 0 heterocycles. The minimum atomic E-state index is -0.651. The number of hydrogen-bond donors (Lipinski definition) is 2. The molecule has 2 N–H and O–H groups in total. The third-order valence-electron chi connectivity index (χ3n) is 4.94. The quantitative estimate of drug-likeness (QED) is 0.279. The fraction of sp³-hybridized carbons (Fsp3) is 0.464. The fourth-order valence-corrected chi connectivity index (χ4v) is 3.33. The molecule has 2 rings (SSSR count). The van der Waals surface area contributed by atoms with Crippen LogP contribution in [0.4, 0.5) is 4.79 Å². The molecule has 8 heteroatoms. The standard InChI is InChI=1S/C28H39NO7/c1-28(2,3)36-27(31)29-18-25(35-21-32-4)26(34-20-23-14-9-6-10-15-23)24(16-11-17-30)33-19-22-12-7-5-8-13-22/h5-16,24-26,30H,17-21H2,1-4H3,(H,29,31)/b16-11+/t24-,25+,26+/m1/s1. The Morgan fingerprint density at radius 1 is 0.944 bits per heavy atom. The smallest absolute Gasteiger partial charge is 0.407 e. The molecule has 0 fully saturated rings. The van der Waals surface area contributed by atoms with Crippen molar-refractivity contribution in [1.29, 1.82) is 0 Å². The van der Waals surface area contributed by atoms with Crippen LogP contribution < -0.4 is 5.32 Å². The molecule has 0 spiro atoms. The highest BCUT2D eigenvalue weighted by molar-refractivity contribution is 5.67. The monoisotopic (exact) mass is 501 g/mol. The van der Waals surface area contributed by atoms with Crippen LogP contribution in [0.25, 0.3) is 0 Å². The third kappa shape index (κ3) is 11.8. The van der Waals surface area contributed by atoms with E-state index in [0.29, 0.717) is 13.2 Å². The van der Waals surface area contributed by atoms with Gasteiger partial charge in [0.1, 0.15) is 30.7 Å². The Kier molecular flexibility index (Phi) is 13.2. The van der Waals surface area contributed by atoms with Crippen LogP contribution in [0.1, 0.15) is 31.9 Å². The van der Waals surface area contributed by atoms with Gasteiger partial charge in [-0.25, -0.2) is 4.79 Å². The number of benzene rings is 2. The highest BCUT2D eigenvalue weighted by atomic mass is 16.7. The predicted molar refractivity (Wildman–Crippen MR) is 137 cm³/mol. The molecule has 0 aliphatic rings. The first kappa shape index (κ1) is 29.5. The van der Waals surface area contributed by atoms with Crippen LogP contribution >= 0.6 is 0 Å². The molecule has 3 atom stereocenters. The lowest BCUT2D eigenvalue weighted by molar-refractivity contribution is -0.162. The largest absolute Gasteiger partial charge is 0.444 e. The molecule has 0 saturated carbocycles. The molecule has 8 nitrogen and oxygen atoms in total. The zero-order chi connectivity index (χ0) is 26.2. The van der Waals surface area contributed by atoms with Crippen molar-refractivity contribution in [3.63, 3.8) is 0 Å². The average molecular weight is 502 g/mol. The first-order valence-corrected chi connectivity index (χ1v) is 12.0. The summed E-state index contributed by atoms with van der Waals surface area (Å²) in [5, 5.41) is 12.2. The average Bonchev–Trinajstić information content (AvgIpc) is 2.86. The van der Waals surface area contributed by atoms with Crippen molar-refractivity contribution in [3.05, 3.63) is 83.9 Å². The Balaban J connectivity index is 2.26. The second-order valence-corrected chi connectivity index (χ2v) is 9.13. The van der Waals surface area contributed by atoms with Gasteiger partial charge in [-0.3, -0.25) is 0 Å². The predicted octanol–water partition coefficient (Wildman–Crippen LogP) is 4.22. The lowest BCUT2D eigenvalue weighted by Gasteiger charge is -2.32. The maximum atomic E-state index is 12.4. The van der Waals surface area contributed by atoms with Crippen LogP contribution in [0.5, 0.6) is 0 Å². The van der Waals surface area contributed by atoms with Crippen molar-refractivity contribution in [2.45, 2.75) is 57.9 Å². The molecule has 0 aromatic heterocycles. The molecule has 0 aliphatic carbocycles. The van der Waals surface area contributed by atoms with E-state index in [1.807, 2.05) is 60.7 Å². The van der Waals surface area contributed by atoms with Gasteiger partial charge in [-0.05, 0) is 31.9 Å². The normalized spacial score (nSPS) is 14.4. The Labute approximate surface area is 214 Å². The van der Waals surface area contributed by atoms with Crippen LogP contribution in [-0.4, -0.2) is 62.2 Å². The minimum absolute atomic E-state index is 0.0129. The van der Waals surface area contributed by atoms with Crippen molar-refractivity contribution in [3.8, 4) is 0 Å². The molecule has 0 bridgehead atoms. The summed E-state index contributed by atoms with van der Waals surface area (Å²) in [6.45, 7) is 5.93. The van der Waals surface area contributed by atoms with Gasteiger partial charge in [-0.15, -0.1) is 0 Å². The number of hydrogen-bond acceptors (Lipinski definition) is 7. The topological polar surface area (TPSA) is 95.5 Å². The van der Waals surface area contributed by atoms with Crippen molar-refractivity contribution >= 4 is 6.09 Å². The lowest BCUT2D eigenvalue weighted by Crippen LogP contribution is -2.48. The van der Waals surface area contributed by atoms with Crippen LogP contribution in [0.15, 0.2) is 72.8 Å². The number of carbonyl (C=O) groups is 1. The van der Waals surface area contributed by atoms with Crippen LogP contribution in [-0.2, 0) is 36.9 Å². The first-order valence-electron chi connectivity index (χ1n) is 12.0.